The second-order valence-corrected chi connectivity index (χ2v) is 5.99. The Morgan fingerprint density at radius 2 is 2.39 bits per heavy atom. The molecule has 1 aromatic rings. The lowest BCUT2D eigenvalue weighted by Gasteiger charge is -2.34. The summed E-state index contributed by atoms with van der Waals surface area (Å²) in [5.41, 5.74) is 10.2. The van der Waals surface area contributed by atoms with Gasteiger partial charge in [-0.1, -0.05) is 11.8 Å². The van der Waals surface area contributed by atoms with Crippen molar-refractivity contribution in [3.8, 4) is 0 Å². The number of aromatic amines is 1. The van der Waals surface area contributed by atoms with Crippen LogP contribution in [0.4, 0.5) is 0 Å². The topological polar surface area (TPSA) is 120 Å². The molecule has 2 atom stereocenters. The normalized spacial score (nSPS) is 28.2. The van der Waals surface area contributed by atoms with E-state index in [4.69, 9.17) is 11.5 Å². The van der Waals surface area contributed by atoms with Gasteiger partial charge in [0.15, 0.2) is 5.16 Å². The molecule has 1 fully saturated rings. The summed E-state index contributed by atoms with van der Waals surface area (Å²) >= 11 is 1.46. The molecular weight excluding hydrogens is 254 g/mol. The SMILES string of the molecule is Cn1c(SC2CCCC(N)(C(N)=O)C2)n[nH]c1=O. The number of nitrogens with two attached hydrogens (primary N) is 2. The molecule has 1 saturated carbocycles. The van der Waals surface area contributed by atoms with Gasteiger partial charge in [0, 0.05) is 12.3 Å². The molecule has 0 bridgehead atoms. The monoisotopic (exact) mass is 271 g/mol. The van der Waals surface area contributed by atoms with Crippen LogP contribution < -0.4 is 17.2 Å². The minimum atomic E-state index is -0.926. The Bertz CT molecular complexity index is 511. The Kier molecular flexibility index (Phi) is 3.49. The van der Waals surface area contributed by atoms with Gasteiger partial charge in [0.05, 0.1) is 5.54 Å². The summed E-state index contributed by atoms with van der Waals surface area (Å²) in [6.07, 6.45) is 2.94. The Morgan fingerprint density at radius 3 is 2.94 bits per heavy atom. The molecule has 8 heteroatoms. The van der Waals surface area contributed by atoms with E-state index in [9.17, 15) is 9.59 Å². The predicted octanol–water partition coefficient (Wildman–Crippen LogP) is -0.674. The van der Waals surface area contributed by atoms with Gasteiger partial charge in [-0.2, -0.15) is 0 Å². The predicted molar refractivity (Wildman–Crippen MR) is 68.1 cm³/mol. The fourth-order valence-corrected chi connectivity index (χ4v) is 3.47. The minimum absolute atomic E-state index is 0.158. The van der Waals surface area contributed by atoms with Gasteiger partial charge in [-0.05, 0) is 25.7 Å². The van der Waals surface area contributed by atoms with Gasteiger partial charge in [0.1, 0.15) is 0 Å². The molecule has 1 aliphatic carbocycles. The number of H-pyrrole nitrogens is 1. The molecule has 18 heavy (non-hydrogen) atoms. The molecule has 0 aliphatic heterocycles. The number of nitrogens with zero attached hydrogens (tertiary/aromatic N) is 2. The van der Waals surface area contributed by atoms with Crippen molar-refractivity contribution in [1.29, 1.82) is 0 Å². The van der Waals surface area contributed by atoms with E-state index in [0.29, 0.717) is 18.0 Å². The number of primary amides is 1. The third kappa shape index (κ3) is 2.44. The van der Waals surface area contributed by atoms with Gasteiger partial charge in [-0.15, -0.1) is 5.10 Å². The van der Waals surface area contributed by atoms with E-state index in [1.54, 1.807) is 7.05 Å². The van der Waals surface area contributed by atoms with Crippen molar-refractivity contribution in [3.63, 3.8) is 0 Å². The molecule has 100 valence electrons. The molecule has 1 amide bonds. The zero-order chi connectivity index (χ0) is 13.3. The number of amides is 1. The number of aromatic nitrogens is 3. The Labute approximate surface area is 108 Å². The lowest BCUT2D eigenvalue weighted by Crippen LogP contribution is -2.55. The first-order chi connectivity index (χ1) is 8.42. The van der Waals surface area contributed by atoms with Crippen LogP contribution >= 0.6 is 11.8 Å². The number of hydrogen-bond donors (Lipinski definition) is 3. The molecule has 1 aliphatic rings. The van der Waals surface area contributed by atoms with Crippen molar-refractivity contribution in [2.24, 2.45) is 18.5 Å². The number of carbonyl (C=O) groups excluding carboxylic acids is 1. The standard InChI is InChI=1S/C10H17N5O2S/c1-15-8(17)13-14-9(15)18-6-3-2-4-10(12,5-6)7(11)16/h6H,2-5,12H2,1H3,(H2,11,16)(H,13,17). The highest BCUT2D eigenvalue weighted by Gasteiger charge is 2.38. The number of hydrogen-bond acceptors (Lipinski definition) is 5. The maximum atomic E-state index is 11.4. The van der Waals surface area contributed by atoms with Gasteiger partial charge in [-0.25, -0.2) is 9.89 Å². The summed E-state index contributed by atoms with van der Waals surface area (Å²) in [7, 11) is 1.65. The minimum Gasteiger partial charge on any atom is -0.368 e. The summed E-state index contributed by atoms with van der Waals surface area (Å²) in [4.78, 5) is 22.6. The van der Waals surface area contributed by atoms with E-state index < -0.39 is 11.4 Å². The highest BCUT2D eigenvalue weighted by atomic mass is 32.2. The van der Waals surface area contributed by atoms with Crippen molar-refractivity contribution in [2.45, 2.75) is 41.6 Å². The maximum absolute atomic E-state index is 11.4. The van der Waals surface area contributed by atoms with Crippen LogP contribution in [-0.2, 0) is 11.8 Å². The Hall–Kier alpha value is -1.28. The van der Waals surface area contributed by atoms with E-state index in [-0.39, 0.29) is 10.9 Å². The largest absolute Gasteiger partial charge is 0.368 e. The van der Waals surface area contributed by atoms with Gasteiger partial charge < -0.3 is 11.5 Å². The molecule has 2 rings (SSSR count). The van der Waals surface area contributed by atoms with Crippen molar-refractivity contribution >= 4 is 17.7 Å². The van der Waals surface area contributed by atoms with Crippen LogP contribution in [0.2, 0.25) is 0 Å². The van der Waals surface area contributed by atoms with Crippen molar-refractivity contribution in [3.05, 3.63) is 10.5 Å². The number of thioether (sulfide) groups is 1. The second kappa shape index (κ2) is 4.77. The molecular formula is C10H17N5O2S. The van der Waals surface area contributed by atoms with E-state index in [2.05, 4.69) is 10.2 Å². The molecule has 5 N–H and O–H groups in total. The molecule has 7 nitrogen and oxygen atoms in total. The fraction of sp³-hybridized carbons (Fsp3) is 0.700. The molecule has 1 aromatic heterocycles. The van der Waals surface area contributed by atoms with E-state index >= 15 is 0 Å². The summed E-state index contributed by atoms with van der Waals surface area (Å²) in [5.74, 6) is -0.455. The van der Waals surface area contributed by atoms with Crippen molar-refractivity contribution < 1.29 is 4.79 Å². The first-order valence-electron chi connectivity index (χ1n) is 5.79. The number of rotatable bonds is 3. The third-order valence-corrected chi connectivity index (χ3v) is 4.65. The van der Waals surface area contributed by atoms with E-state index in [1.807, 2.05) is 0 Å². The second-order valence-electron chi connectivity index (χ2n) is 4.73. The average molecular weight is 271 g/mol. The molecule has 2 unspecified atom stereocenters. The molecule has 0 spiro atoms. The summed E-state index contributed by atoms with van der Waals surface area (Å²) in [6, 6.07) is 0. The molecule has 0 radical (unpaired) electrons. The lowest BCUT2D eigenvalue weighted by molar-refractivity contribution is -0.124. The highest BCUT2D eigenvalue weighted by molar-refractivity contribution is 7.99. The summed E-state index contributed by atoms with van der Waals surface area (Å²) in [6.45, 7) is 0. The van der Waals surface area contributed by atoms with Crippen LogP contribution in [0.5, 0.6) is 0 Å². The molecule has 1 heterocycles. The van der Waals surface area contributed by atoms with Crippen LogP contribution in [0.25, 0.3) is 0 Å². The quantitative estimate of drug-likeness (QED) is 0.673. The average Bonchev–Trinajstić information content (AvgIpc) is 2.61. The van der Waals surface area contributed by atoms with E-state index in [1.165, 1.54) is 16.3 Å². The summed E-state index contributed by atoms with van der Waals surface area (Å²) in [5, 5.41) is 7.08. The summed E-state index contributed by atoms with van der Waals surface area (Å²) < 4.78 is 1.45. The van der Waals surface area contributed by atoms with Gasteiger partial charge in [-0.3, -0.25) is 9.36 Å². The maximum Gasteiger partial charge on any atom is 0.343 e. The smallest absolute Gasteiger partial charge is 0.343 e. The number of nitrogens with one attached hydrogen (secondary N) is 1. The van der Waals surface area contributed by atoms with Gasteiger partial charge in [0.25, 0.3) is 0 Å². The van der Waals surface area contributed by atoms with Crippen LogP contribution in [0.3, 0.4) is 0 Å². The highest BCUT2D eigenvalue weighted by Crippen LogP contribution is 2.35. The zero-order valence-corrected chi connectivity index (χ0v) is 11.0. The third-order valence-electron chi connectivity index (χ3n) is 3.34. The zero-order valence-electron chi connectivity index (χ0n) is 10.2. The van der Waals surface area contributed by atoms with Crippen LogP contribution in [0.1, 0.15) is 25.7 Å². The van der Waals surface area contributed by atoms with Crippen LogP contribution in [-0.4, -0.2) is 31.5 Å². The van der Waals surface area contributed by atoms with Crippen LogP contribution in [0.15, 0.2) is 9.95 Å². The van der Waals surface area contributed by atoms with Crippen molar-refractivity contribution in [1.82, 2.24) is 14.8 Å². The van der Waals surface area contributed by atoms with Gasteiger partial charge >= 0.3 is 5.69 Å². The molecule has 0 aromatic carbocycles. The first kappa shape index (κ1) is 13.2. The lowest BCUT2D eigenvalue weighted by atomic mass is 9.82. The van der Waals surface area contributed by atoms with Crippen LogP contribution in [0, 0.1) is 0 Å². The number of carbonyl (C=O) groups is 1. The Balaban J connectivity index is 2.09. The fourth-order valence-electron chi connectivity index (χ4n) is 2.17. The van der Waals surface area contributed by atoms with Gasteiger partial charge in [0.2, 0.25) is 5.91 Å². The van der Waals surface area contributed by atoms with E-state index in [0.717, 1.165) is 12.8 Å². The Morgan fingerprint density at radius 1 is 1.67 bits per heavy atom. The molecule has 0 saturated heterocycles. The van der Waals surface area contributed by atoms with Crippen molar-refractivity contribution in [2.75, 3.05) is 0 Å². The first-order valence-corrected chi connectivity index (χ1v) is 6.67.